The van der Waals surface area contributed by atoms with Crippen LogP contribution in [-0.2, 0) is 10.0 Å². The molecule has 6 nitrogen and oxygen atoms in total. The number of ketones is 1. The topological polar surface area (TPSA) is 112 Å². The minimum atomic E-state index is -4.03. The van der Waals surface area contributed by atoms with Crippen molar-refractivity contribution in [2.45, 2.75) is 24.8 Å². The summed E-state index contributed by atoms with van der Waals surface area (Å²) >= 11 is 0. The van der Waals surface area contributed by atoms with Crippen molar-refractivity contribution < 1.29 is 17.9 Å². The number of carbonyl (C=O) groups is 1. The molecule has 0 saturated carbocycles. The van der Waals surface area contributed by atoms with Gasteiger partial charge in [0.15, 0.2) is 5.78 Å². The van der Waals surface area contributed by atoms with Crippen LogP contribution in [0, 0.1) is 0 Å². The van der Waals surface area contributed by atoms with Crippen molar-refractivity contribution in [2.24, 2.45) is 5.14 Å². The third-order valence-electron chi connectivity index (χ3n) is 3.04. The van der Waals surface area contributed by atoms with Crippen LogP contribution in [-0.4, -0.2) is 20.3 Å². The predicted molar refractivity (Wildman–Crippen MR) is 87.9 cm³/mol. The van der Waals surface area contributed by atoms with E-state index >= 15 is 0 Å². The Morgan fingerprint density at radius 1 is 1.09 bits per heavy atom. The van der Waals surface area contributed by atoms with E-state index in [1.54, 1.807) is 24.3 Å². The first kappa shape index (κ1) is 17.0. The van der Waals surface area contributed by atoms with Crippen LogP contribution in [0.5, 0.6) is 5.75 Å². The second kappa shape index (κ2) is 6.39. The Hall–Kier alpha value is -2.38. The highest BCUT2D eigenvalue weighted by Crippen LogP contribution is 2.22. The number of benzene rings is 2. The summed E-state index contributed by atoms with van der Waals surface area (Å²) in [5.41, 5.74) is 6.20. The van der Waals surface area contributed by atoms with Crippen molar-refractivity contribution in [3.63, 3.8) is 0 Å². The van der Waals surface area contributed by atoms with Crippen LogP contribution in [0.25, 0.3) is 0 Å². The van der Waals surface area contributed by atoms with Crippen molar-refractivity contribution in [3.8, 4) is 5.75 Å². The number of rotatable bonds is 5. The first-order chi connectivity index (χ1) is 10.7. The molecule has 0 atom stereocenters. The van der Waals surface area contributed by atoms with Crippen molar-refractivity contribution in [1.82, 2.24) is 0 Å². The van der Waals surface area contributed by atoms with E-state index in [9.17, 15) is 13.2 Å². The molecule has 122 valence electrons. The number of nitrogen functional groups attached to an aromatic ring is 1. The van der Waals surface area contributed by atoms with Gasteiger partial charge in [-0.2, -0.15) is 0 Å². The Labute approximate surface area is 135 Å². The molecule has 0 saturated heterocycles. The Morgan fingerprint density at radius 3 is 2.22 bits per heavy atom. The van der Waals surface area contributed by atoms with Gasteiger partial charge in [0.1, 0.15) is 5.75 Å². The molecule has 0 aliphatic heterocycles. The molecular formula is C16H18N2O4S. The maximum Gasteiger partial charge on any atom is 0.238 e. The van der Waals surface area contributed by atoms with E-state index in [1.165, 1.54) is 18.2 Å². The molecule has 0 aliphatic carbocycles. The van der Waals surface area contributed by atoms with Crippen molar-refractivity contribution in [1.29, 1.82) is 0 Å². The summed E-state index contributed by atoms with van der Waals surface area (Å²) in [5, 5.41) is 5.16. The van der Waals surface area contributed by atoms with Gasteiger partial charge in [-0.1, -0.05) is 0 Å². The molecule has 0 heterocycles. The van der Waals surface area contributed by atoms with E-state index < -0.39 is 15.8 Å². The molecule has 0 bridgehead atoms. The number of ether oxygens (including phenoxy) is 1. The van der Waals surface area contributed by atoms with Gasteiger partial charge in [0.25, 0.3) is 0 Å². The Morgan fingerprint density at radius 2 is 1.70 bits per heavy atom. The lowest BCUT2D eigenvalue weighted by molar-refractivity contribution is 0.103. The summed E-state index contributed by atoms with van der Waals surface area (Å²) in [6.07, 6.45) is 0.0134. The van der Waals surface area contributed by atoms with Gasteiger partial charge in [-0.25, -0.2) is 13.6 Å². The molecule has 0 aliphatic rings. The fourth-order valence-corrected chi connectivity index (χ4v) is 2.80. The summed E-state index contributed by atoms with van der Waals surface area (Å²) in [4.78, 5) is 12.3. The summed E-state index contributed by atoms with van der Waals surface area (Å²) in [6.45, 7) is 3.79. The smallest absolute Gasteiger partial charge is 0.238 e. The fraction of sp³-hybridized carbons (Fsp3) is 0.188. The van der Waals surface area contributed by atoms with Crippen LogP contribution in [0.1, 0.15) is 29.8 Å². The minimum absolute atomic E-state index is 0.0134. The Balaban J connectivity index is 2.43. The van der Waals surface area contributed by atoms with Crippen LogP contribution in [0.2, 0.25) is 0 Å². The maximum atomic E-state index is 12.6. The van der Waals surface area contributed by atoms with Crippen molar-refractivity contribution in [3.05, 3.63) is 53.6 Å². The molecule has 0 spiro atoms. The van der Waals surface area contributed by atoms with E-state index in [0.29, 0.717) is 11.3 Å². The number of hydrogen-bond donors (Lipinski definition) is 2. The van der Waals surface area contributed by atoms with Gasteiger partial charge in [0.05, 0.1) is 11.0 Å². The highest BCUT2D eigenvalue weighted by molar-refractivity contribution is 7.89. The average Bonchev–Trinajstić information content (AvgIpc) is 2.45. The van der Waals surface area contributed by atoms with Crippen LogP contribution in [0.4, 0.5) is 5.69 Å². The molecule has 0 fully saturated rings. The van der Waals surface area contributed by atoms with Crippen molar-refractivity contribution in [2.75, 3.05) is 5.73 Å². The average molecular weight is 334 g/mol. The SMILES string of the molecule is CC(C)Oc1ccc(C(=O)c2cc(N)ccc2S(N)(=O)=O)cc1. The molecule has 2 rings (SSSR count). The molecule has 2 aromatic carbocycles. The molecule has 23 heavy (non-hydrogen) atoms. The Kier molecular flexibility index (Phi) is 4.72. The van der Waals surface area contributed by atoms with Crippen molar-refractivity contribution >= 4 is 21.5 Å². The zero-order valence-electron chi connectivity index (χ0n) is 12.8. The lowest BCUT2D eigenvalue weighted by Gasteiger charge is -2.11. The summed E-state index contributed by atoms with van der Waals surface area (Å²) in [5.74, 6) is 0.146. The number of carbonyl (C=O) groups excluding carboxylic acids is 1. The quantitative estimate of drug-likeness (QED) is 0.641. The van der Waals surface area contributed by atoms with E-state index in [2.05, 4.69) is 0 Å². The van der Waals surface area contributed by atoms with E-state index in [1.807, 2.05) is 13.8 Å². The highest BCUT2D eigenvalue weighted by atomic mass is 32.2. The normalized spacial score (nSPS) is 11.5. The van der Waals surface area contributed by atoms with Gasteiger partial charge in [-0.15, -0.1) is 0 Å². The van der Waals surface area contributed by atoms with Crippen LogP contribution < -0.4 is 15.6 Å². The van der Waals surface area contributed by atoms with Crippen LogP contribution >= 0.6 is 0 Å². The van der Waals surface area contributed by atoms with Crippen LogP contribution in [0.15, 0.2) is 47.4 Å². The summed E-state index contributed by atoms with van der Waals surface area (Å²) in [6, 6.07) is 10.4. The standard InChI is InChI=1S/C16H18N2O4S/c1-10(2)22-13-6-3-11(4-7-13)16(19)14-9-12(17)5-8-15(14)23(18,20)21/h3-10H,17H2,1-2H3,(H2,18,20,21). The van der Waals surface area contributed by atoms with Crippen LogP contribution in [0.3, 0.4) is 0 Å². The number of nitrogens with two attached hydrogens (primary N) is 2. The summed E-state index contributed by atoms with van der Waals surface area (Å²) in [7, 11) is -4.03. The number of primary sulfonamides is 1. The monoisotopic (exact) mass is 334 g/mol. The highest BCUT2D eigenvalue weighted by Gasteiger charge is 2.20. The molecule has 0 amide bonds. The van der Waals surface area contributed by atoms with Gasteiger partial charge in [0, 0.05) is 16.8 Å². The number of anilines is 1. The molecule has 7 heteroatoms. The molecule has 4 N–H and O–H groups in total. The van der Waals surface area contributed by atoms with E-state index in [0.717, 1.165) is 0 Å². The first-order valence-corrected chi connectivity index (χ1v) is 8.47. The van der Waals surface area contributed by atoms with E-state index in [-0.39, 0.29) is 22.3 Å². The second-order valence-electron chi connectivity index (χ2n) is 5.32. The lowest BCUT2D eigenvalue weighted by Crippen LogP contribution is -2.17. The zero-order valence-corrected chi connectivity index (χ0v) is 13.6. The molecule has 0 aromatic heterocycles. The second-order valence-corrected chi connectivity index (χ2v) is 6.85. The van der Waals surface area contributed by atoms with Gasteiger partial charge in [0.2, 0.25) is 10.0 Å². The maximum absolute atomic E-state index is 12.6. The molecule has 0 unspecified atom stereocenters. The molecular weight excluding hydrogens is 316 g/mol. The largest absolute Gasteiger partial charge is 0.491 e. The van der Waals surface area contributed by atoms with E-state index in [4.69, 9.17) is 15.6 Å². The Bertz CT molecular complexity index is 828. The minimum Gasteiger partial charge on any atom is -0.491 e. The number of sulfonamides is 1. The number of hydrogen-bond acceptors (Lipinski definition) is 5. The third kappa shape index (κ3) is 4.08. The summed E-state index contributed by atoms with van der Waals surface area (Å²) < 4.78 is 28.8. The molecule has 2 aromatic rings. The molecule has 0 radical (unpaired) electrons. The predicted octanol–water partition coefficient (Wildman–Crippen LogP) is 1.93. The first-order valence-electron chi connectivity index (χ1n) is 6.92. The third-order valence-corrected chi connectivity index (χ3v) is 4.01. The lowest BCUT2D eigenvalue weighted by atomic mass is 10.0. The van der Waals surface area contributed by atoms with Gasteiger partial charge >= 0.3 is 0 Å². The van der Waals surface area contributed by atoms with Gasteiger partial charge in [-0.05, 0) is 56.3 Å². The fourth-order valence-electron chi connectivity index (χ4n) is 2.09. The zero-order chi connectivity index (χ0) is 17.2. The van der Waals surface area contributed by atoms with Gasteiger partial charge < -0.3 is 10.5 Å². The van der Waals surface area contributed by atoms with Gasteiger partial charge in [-0.3, -0.25) is 4.79 Å².